The van der Waals surface area contributed by atoms with Crippen molar-refractivity contribution in [3.05, 3.63) is 33.4 Å². The molecule has 100 valence electrons. The van der Waals surface area contributed by atoms with Gasteiger partial charge in [-0.15, -0.1) is 0 Å². The van der Waals surface area contributed by atoms with Crippen molar-refractivity contribution in [1.29, 1.82) is 5.26 Å². The van der Waals surface area contributed by atoms with Gasteiger partial charge in [-0.1, -0.05) is 0 Å². The molecule has 0 unspecified atom stereocenters. The lowest BCUT2D eigenvalue weighted by molar-refractivity contribution is -0.144. The summed E-state index contributed by atoms with van der Waals surface area (Å²) < 4.78 is 0.986. The number of carboxylic acids is 1. The molecule has 2 N–H and O–H groups in total. The number of benzene rings is 1. The topological polar surface area (TPSA) is 90.2 Å². The van der Waals surface area contributed by atoms with Crippen LogP contribution in [0, 0.1) is 14.9 Å². The van der Waals surface area contributed by atoms with Crippen LogP contribution in [-0.2, 0) is 4.79 Å². The molecule has 0 aliphatic rings. The van der Waals surface area contributed by atoms with Crippen molar-refractivity contribution in [2.45, 2.75) is 25.3 Å². The molecule has 1 rings (SSSR count). The molecule has 0 fully saturated rings. The Morgan fingerprint density at radius 3 is 2.47 bits per heavy atom. The molecule has 1 aromatic rings. The van der Waals surface area contributed by atoms with Gasteiger partial charge in [0.05, 0.1) is 6.07 Å². The van der Waals surface area contributed by atoms with E-state index < -0.39 is 17.4 Å². The zero-order chi connectivity index (χ0) is 14.5. The zero-order valence-electron chi connectivity index (χ0n) is 10.3. The Morgan fingerprint density at radius 1 is 1.42 bits per heavy atom. The molecule has 5 nitrogen and oxygen atoms in total. The van der Waals surface area contributed by atoms with E-state index in [0.717, 1.165) is 3.57 Å². The Kier molecular flexibility index (Phi) is 5.30. The van der Waals surface area contributed by atoms with Crippen LogP contribution in [0.4, 0.5) is 0 Å². The number of nitriles is 1. The molecule has 1 amide bonds. The maximum atomic E-state index is 12.0. The monoisotopic (exact) mass is 372 g/mol. The molecule has 0 heterocycles. The fourth-order valence-electron chi connectivity index (χ4n) is 1.45. The van der Waals surface area contributed by atoms with Crippen LogP contribution in [0.25, 0.3) is 0 Å². The van der Waals surface area contributed by atoms with Gasteiger partial charge in [0.15, 0.2) is 0 Å². The number of hydrogen-bond donors (Lipinski definition) is 2. The Balaban J connectivity index is 2.85. The molecular weight excluding hydrogens is 359 g/mol. The van der Waals surface area contributed by atoms with Gasteiger partial charge in [0.25, 0.3) is 5.91 Å². The predicted octanol–water partition coefficient (Wildman–Crippen LogP) is 2.17. The van der Waals surface area contributed by atoms with Crippen LogP contribution in [0.5, 0.6) is 0 Å². The van der Waals surface area contributed by atoms with E-state index >= 15 is 0 Å². The number of nitrogens with zero attached hydrogens (tertiary/aromatic N) is 1. The van der Waals surface area contributed by atoms with E-state index in [-0.39, 0.29) is 12.8 Å². The number of carboxylic acid groups (broad SMARTS) is 1. The molecule has 0 bridgehead atoms. The van der Waals surface area contributed by atoms with Crippen molar-refractivity contribution >= 4 is 34.5 Å². The Hall–Kier alpha value is -1.62. The summed E-state index contributed by atoms with van der Waals surface area (Å²) in [5, 5.41) is 20.2. The van der Waals surface area contributed by atoms with Crippen LogP contribution >= 0.6 is 22.6 Å². The Morgan fingerprint density at radius 2 is 2.00 bits per heavy atom. The first-order chi connectivity index (χ1) is 8.89. The number of rotatable bonds is 5. The zero-order valence-corrected chi connectivity index (χ0v) is 12.5. The van der Waals surface area contributed by atoms with Crippen LogP contribution in [-0.4, -0.2) is 22.5 Å². The summed E-state index contributed by atoms with van der Waals surface area (Å²) in [5.41, 5.74) is -1.04. The summed E-state index contributed by atoms with van der Waals surface area (Å²) in [6, 6.07) is 8.67. The van der Waals surface area contributed by atoms with Gasteiger partial charge in [-0.3, -0.25) is 4.79 Å². The highest BCUT2D eigenvalue weighted by Gasteiger charge is 2.34. The first-order valence-corrected chi connectivity index (χ1v) is 6.65. The second kappa shape index (κ2) is 6.52. The SMILES string of the molecule is C[C@](CCC#N)(NC(=O)c1ccc(I)cc1)C(=O)O. The summed E-state index contributed by atoms with van der Waals surface area (Å²) >= 11 is 2.12. The standard InChI is InChI=1S/C13H13IN2O3/c1-13(12(18)19,7-2-8-15)16-11(17)9-3-5-10(14)6-4-9/h3-6H,2,7H2,1H3,(H,16,17)(H,18,19)/t13-/m1/s1. The maximum Gasteiger partial charge on any atom is 0.329 e. The summed E-state index contributed by atoms with van der Waals surface area (Å²) in [7, 11) is 0. The fourth-order valence-corrected chi connectivity index (χ4v) is 1.81. The van der Waals surface area contributed by atoms with Gasteiger partial charge in [-0.05, 0) is 60.2 Å². The van der Waals surface area contributed by atoms with Gasteiger partial charge in [0, 0.05) is 15.6 Å². The predicted molar refractivity (Wildman–Crippen MR) is 77.5 cm³/mol. The molecular formula is C13H13IN2O3. The molecule has 19 heavy (non-hydrogen) atoms. The van der Waals surface area contributed by atoms with Crippen LogP contribution in [0.2, 0.25) is 0 Å². The van der Waals surface area contributed by atoms with Crippen LogP contribution in [0.3, 0.4) is 0 Å². The summed E-state index contributed by atoms with van der Waals surface area (Å²) in [5.74, 6) is -1.61. The highest BCUT2D eigenvalue weighted by Crippen LogP contribution is 2.14. The maximum absolute atomic E-state index is 12.0. The number of carbonyl (C=O) groups is 2. The van der Waals surface area contributed by atoms with Crippen molar-refractivity contribution < 1.29 is 14.7 Å². The van der Waals surface area contributed by atoms with E-state index in [9.17, 15) is 14.7 Å². The minimum Gasteiger partial charge on any atom is -0.480 e. The van der Waals surface area contributed by atoms with Gasteiger partial charge >= 0.3 is 5.97 Å². The van der Waals surface area contributed by atoms with Crippen molar-refractivity contribution in [3.63, 3.8) is 0 Å². The molecule has 0 aromatic heterocycles. The average molecular weight is 372 g/mol. The third kappa shape index (κ3) is 4.21. The molecule has 0 aliphatic heterocycles. The minimum atomic E-state index is -1.43. The van der Waals surface area contributed by atoms with E-state index in [1.54, 1.807) is 24.3 Å². The second-order valence-corrected chi connectivity index (χ2v) is 5.50. The first-order valence-electron chi connectivity index (χ1n) is 5.57. The molecule has 0 spiro atoms. The van der Waals surface area contributed by atoms with Crippen molar-refractivity contribution in [3.8, 4) is 6.07 Å². The molecule has 0 radical (unpaired) electrons. The molecule has 0 aliphatic carbocycles. The summed E-state index contributed by atoms with van der Waals surface area (Å²) in [4.78, 5) is 23.2. The molecule has 0 saturated carbocycles. The highest BCUT2D eigenvalue weighted by molar-refractivity contribution is 14.1. The lowest BCUT2D eigenvalue weighted by atomic mass is 9.95. The van der Waals surface area contributed by atoms with E-state index in [2.05, 4.69) is 27.9 Å². The summed E-state index contributed by atoms with van der Waals surface area (Å²) in [6.07, 6.45) is 0.130. The molecule has 1 aromatic carbocycles. The van der Waals surface area contributed by atoms with Crippen LogP contribution in [0.15, 0.2) is 24.3 Å². The molecule has 0 saturated heterocycles. The number of halogens is 1. The smallest absolute Gasteiger partial charge is 0.329 e. The first kappa shape index (κ1) is 15.4. The Labute approximate surface area is 124 Å². The lowest BCUT2D eigenvalue weighted by Gasteiger charge is -2.25. The number of aliphatic carboxylic acids is 1. The van der Waals surface area contributed by atoms with E-state index in [4.69, 9.17) is 5.26 Å². The van der Waals surface area contributed by atoms with Gasteiger partial charge in [-0.25, -0.2) is 4.79 Å². The second-order valence-electron chi connectivity index (χ2n) is 4.26. The van der Waals surface area contributed by atoms with Crippen LogP contribution in [0.1, 0.15) is 30.1 Å². The lowest BCUT2D eigenvalue weighted by Crippen LogP contribution is -2.52. The Bertz CT molecular complexity index is 522. The van der Waals surface area contributed by atoms with Gasteiger partial charge in [0.2, 0.25) is 0 Å². The molecule has 1 atom stereocenters. The summed E-state index contributed by atoms with van der Waals surface area (Å²) in [6.45, 7) is 1.40. The van der Waals surface area contributed by atoms with E-state index in [1.807, 2.05) is 6.07 Å². The number of nitrogens with one attached hydrogen (secondary N) is 1. The van der Waals surface area contributed by atoms with Crippen LogP contribution < -0.4 is 5.32 Å². The number of carbonyl (C=O) groups excluding carboxylic acids is 1. The van der Waals surface area contributed by atoms with Gasteiger partial charge < -0.3 is 10.4 Å². The van der Waals surface area contributed by atoms with Gasteiger partial charge in [-0.2, -0.15) is 5.26 Å². The van der Waals surface area contributed by atoms with Crippen molar-refractivity contribution in [2.75, 3.05) is 0 Å². The largest absolute Gasteiger partial charge is 0.480 e. The van der Waals surface area contributed by atoms with Gasteiger partial charge in [0.1, 0.15) is 5.54 Å². The van der Waals surface area contributed by atoms with E-state index in [0.29, 0.717) is 5.56 Å². The minimum absolute atomic E-state index is 0.0644. The average Bonchev–Trinajstić information content (AvgIpc) is 2.36. The third-order valence-electron chi connectivity index (χ3n) is 2.70. The molecule has 6 heteroatoms. The normalized spacial score (nSPS) is 13.1. The highest BCUT2D eigenvalue weighted by atomic mass is 127. The number of amides is 1. The van der Waals surface area contributed by atoms with E-state index in [1.165, 1.54) is 6.92 Å². The fraction of sp³-hybridized carbons (Fsp3) is 0.308. The number of hydrogen-bond acceptors (Lipinski definition) is 3. The third-order valence-corrected chi connectivity index (χ3v) is 3.42. The van der Waals surface area contributed by atoms with Crippen molar-refractivity contribution in [1.82, 2.24) is 5.32 Å². The van der Waals surface area contributed by atoms with Crippen molar-refractivity contribution in [2.24, 2.45) is 0 Å². The quantitative estimate of drug-likeness (QED) is 0.776.